The molecule has 2 aromatic rings. The molecule has 0 aliphatic rings. The minimum absolute atomic E-state index is 0.435. The highest BCUT2D eigenvalue weighted by Gasteiger charge is 2.31. The Kier molecular flexibility index (Phi) is 2.83. The van der Waals surface area contributed by atoms with Crippen LogP contribution in [0.1, 0.15) is 11.3 Å². The third-order valence-corrected chi connectivity index (χ3v) is 2.30. The molecule has 5 heteroatoms. The zero-order valence-electron chi connectivity index (χ0n) is 8.99. The lowest BCUT2D eigenvalue weighted by atomic mass is 10.1. The third kappa shape index (κ3) is 2.61. The Labute approximate surface area is 96.2 Å². The van der Waals surface area contributed by atoms with E-state index in [0.29, 0.717) is 11.1 Å². The Morgan fingerprint density at radius 2 is 1.82 bits per heavy atom. The molecule has 2 heterocycles. The molecular formula is C12H9F3N2. The fraction of sp³-hybridized carbons (Fsp3) is 0.167. The van der Waals surface area contributed by atoms with E-state index in [2.05, 4.69) is 9.97 Å². The smallest absolute Gasteiger partial charge is 0.263 e. The van der Waals surface area contributed by atoms with Gasteiger partial charge >= 0.3 is 6.18 Å². The van der Waals surface area contributed by atoms with Gasteiger partial charge in [-0.1, -0.05) is 0 Å². The highest BCUT2D eigenvalue weighted by Crippen LogP contribution is 2.31. The Morgan fingerprint density at radius 1 is 1.06 bits per heavy atom. The standard InChI is InChI=1S/C12H9F3N2/c1-8-4-9(2-3-17-8)10-5-11(7-16-6-10)12(13,14)15/h2-7H,1H3. The number of halogens is 3. The highest BCUT2D eigenvalue weighted by atomic mass is 19.4. The van der Waals surface area contributed by atoms with Crippen molar-refractivity contribution >= 4 is 0 Å². The van der Waals surface area contributed by atoms with E-state index in [-0.39, 0.29) is 0 Å². The topological polar surface area (TPSA) is 25.8 Å². The number of alkyl halides is 3. The van der Waals surface area contributed by atoms with Crippen LogP contribution in [0.25, 0.3) is 11.1 Å². The zero-order chi connectivity index (χ0) is 12.5. The Balaban J connectivity index is 2.47. The van der Waals surface area contributed by atoms with Crippen molar-refractivity contribution in [2.75, 3.05) is 0 Å². The number of pyridine rings is 2. The summed E-state index contributed by atoms with van der Waals surface area (Å²) >= 11 is 0. The van der Waals surface area contributed by atoms with E-state index < -0.39 is 11.7 Å². The molecule has 0 N–H and O–H groups in total. The monoisotopic (exact) mass is 238 g/mol. The van der Waals surface area contributed by atoms with Crippen LogP contribution in [0, 0.1) is 6.92 Å². The first kappa shape index (κ1) is 11.6. The second kappa shape index (κ2) is 4.16. The molecule has 0 saturated carbocycles. The summed E-state index contributed by atoms with van der Waals surface area (Å²) in [4.78, 5) is 7.61. The minimum atomic E-state index is -4.37. The van der Waals surface area contributed by atoms with E-state index >= 15 is 0 Å². The molecule has 2 rings (SSSR count). The summed E-state index contributed by atoms with van der Waals surface area (Å²) in [6.07, 6.45) is -0.586. The van der Waals surface area contributed by atoms with Crippen molar-refractivity contribution < 1.29 is 13.2 Å². The molecule has 0 saturated heterocycles. The van der Waals surface area contributed by atoms with Crippen molar-refractivity contribution in [3.05, 3.63) is 48.0 Å². The molecule has 2 nitrogen and oxygen atoms in total. The molecule has 0 radical (unpaired) electrons. The molecule has 0 spiro atoms. The van der Waals surface area contributed by atoms with Crippen molar-refractivity contribution in [3.8, 4) is 11.1 Å². The van der Waals surface area contributed by atoms with Gasteiger partial charge in [-0.05, 0) is 30.7 Å². The van der Waals surface area contributed by atoms with Gasteiger partial charge in [0, 0.05) is 29.8 Å². The molecular weight excluding hydrogens is 229 g/mol. The van der Waals surface area contributed by atoms with Crippen LogP contribution in [0.4, 0.5) is 13.2 Å². The summed E-state index contributed by atoms with van der Waals surface area (Å²) in [6, 6.07) is 4.46. The van der Waals surface area contributed by atoms with Crippen LogP contribution >= 0.6 is 0 Å². The lowest BCUT2D eigenvalue weighted by molar-refractivity contribution is -0.137. The van der Waals surface area contributed by atoms with Gasteiger partial charge in [0.1, 0.15) is 0 Å². The molecule has 0 unspecified atom stereocenters. The number of rotatable bonds is 1. The predicted octanol–water partition coefficient (Wildman–Crippen LogP) is 3.47. The molecule has 0 amide bonds. The maximum atomic E-state index is 12.5. The largest absolute Gasteiger partial charge is 0.417 e. The Bertz CT molecular complexity index is 535. The van der Waals surface area contributed by atoms with Crippen molar-refractivity contribution in [1.29, 1.82) is 0 Å². The SMILES string of the molecule is Cc1cc(-c2cncc(C(F)(F)F)c2)ccn1. The predicted molar refractivity (Wildman–Crippen MR) is 57.2 cm³/mol. The van der Waals surface area contributed by atoms with Crippen LogP contribution in [0.3, 0.4) is 0 Å². The second-order valence-corrected chi connectivity index (χ2v) is 3.65. The molecule has 0 atom stereocenters. The van der Waals surface area contributed by atoms with Crippen molar-refractivity contribution in [2.45, 2.75) is 13.1 Å². The van der Waals surface area contributed by atoms with Crippen LogP contribution in [0.15, 0.2) is 36.8 Å². The molecule has 88 valence electrons. The minimum Gasteiger partial charge on any atom is -0.263 e. The van der Waals surface area contributed by atoms with E-state index in [9.17, 15) is 13.2 Å². The lowest BCUT2D eigenvalue weighted by Gasteiger charge is -2.08. The summed E-state index contributed by atoms with van der Waals surface area (Å²) in [6.45, 7) is 1.78. The normalized spacial score (nSPS) is 11.5. The first-order valence-corrected chi connectivity index (χ1v) is 4.92. The summed E-state index contributed by atoms with van der Waals surface area (Å²) in [7, 11) is 0. The molecule has 0 aliphatic heterocycles. The summed E-state index contributed by atoms with van der Waals surface area (Å²) in [5.41, 5.74) is 1.12. The van der Waals surface area contributed by atoms with E-state index in [0.717, 1.165) is 18.0 Å². The van der Waals surface area contributed by atoms with Crippen molar-refractivity contribution in [3.63, 3.8) is 0 Å². The number of hydrogen-bond acceptors (Lipinski definition) is 2. The highest BCUT2D eigenvalue weighted by molar-refractivity contribution is 5.63. The number of hydrogen-bond donors (Lipinski definition) is 0. The summed E-state index contributed by atoms with van der Waals surface area (Å²) < 4.78 is 37.5. The molecule has 2 aromatic heterocycles. The Hall–Kier alpha value is -1.91. The fourth-order valence-corrected chi connectivity index (χ4v) is 1.48. The van der Waals surface area contributed by atoms with Crippen LogP contribution in [-0.4, -0.2) is 9.97 Å². The van der Waals surface area contributed by atoms with Crippen LogP contribution < -0.4 is 0 Å². The average molecular weight is 238 g/mol. The molecule has 0 bridgehead atoms. The van der Waals surface area contributed by atoms with Gasteiger partial charge in [-0.2, -0.15) is 13.2 Å². The summed E-state index contributed by atoms with van der Waals surface area (Å²) in [5.74, 6) is 0. The van der Waals surface area contributed by atoms with Gasteiger partial charge < -0.3 is 0 Å². The molecule has 0 aromatic carbocycles. The fourth-order valence-electron chi connectivity index (χ4n) is 1.48. The van der Waals surface area contributed by atoms with Gasteiger partial charge in [0.2, 0.25) is 0 Å². The second-order valence-electron chi connectivity index (χ2n) is 3.65. The van der Waals surface area contributed by atoms with Gasteiger partial charge in [0.25, 0.3) is 0 Å². The average Bonchev–Trinajstić information content (AvgIpc) is 2.28. The number of aryl methyl sites for hydroxylation is 1. The quantitative estimate of drug-likeness (QED) is 0.760. The lowest BCUT2D eigenvalue weighted by Crippen LogP contribution is -2.05. The first-order chi connectivity index (χ1) is 7.97. The molecule has 0 aliphatic carbocycles. The molecule has 0 fully saturated rings. The van der Waals surface area contributed by atoms with Gasteiger partial charge in [-0.25, -0.2) is 0 Å². The number of aromatic nitrogens is 2. The van der Waals surface area contributed by atoms with Crippen LogP contribution in [0.5, 0.6) is 0 Å². The van der Waals surface area contributed by atoms with Crippen molar-refractivity contribution in [2.24, 2.45) is 0 Å². The van der Waals surface area contributed by atoms with E-state index in [1.165, 1.54) is 6.20 Å². The third-order valence-electron chi connectivity index (χ3n) is 2.30. The first-order valence-electron chi connectivity index (χ1n) is 4.92. The Morgan fingerprint density at radius 3 is 2.47 bits per heavy atom. The van der Waals surface area contributed by atoms with E-state index in [4.69, 9.17) is 0 Å². The maximum Gasteiger partial charge on any atom is 0.417 e. The van der Waals surface area contributed by atoms with E-state index in [1.807, 2.05) is 0 Å². The zero-order valence-corrected chi connectivity index (χ0v) is 8.99. The van der Waals surface area contributed by atoms with Crippen LogP contribution in [0.2, 0.25) is 0 Å². The molecule has 17 heavy (non-hydrogen) atoms. The van der Waals surface area contributed by atoms with Gasteiger partial charge in [-0.3, -0.25) is 9.97 Å². The van der Waals surface area contributed by atoms with Crippen LogP contribution in [-0.2, 0) is 6.18 Å². The van der Waals surface area contributed by atoms with E-state index in [1.54, 1.807) is 25.3 Å². The summed E-state index contributed by atoms with van der Waals surface area (Å²) in [5, 5.41) is 0. The van der Waals surface area contributed by atoms with Gasteiger partial charge in [0.15, 0.2) is 0 Å². The van der Waals surface area contributed by atoms with Gasteiger partial charge in [-0.15, -0.1) is 0 Å². The maximum absolute atomic E-state index is 12.5. The van der Waals surface area contributed by atoms with Gasteiger partial charge in [0.05, 0.1) is 5.56 Å². The van der Waals surface area contributed by atoms with Crippen molar-refractivity contribution in [1.82, 2.24) is 9.97 Å². The number of nitrogens with zero attached hydrogens (tertiary/aromatic N) is 2.